The number of thiazole rings is 1. The van der Waals surface area contributed by atoms with E-state index in [-0.39, 0.29) is 5.82 Å². The normalized spacial score (nSPS) is 11.4. The molecule has 4 aromatic rings. The molecule has 0 spiro atoms. The number of para-hydroxylation sites is 1. The van der Waals surface area contributed by atoms with E-state index in [1.165, 1.54) is 12.1 Å². The van der Waals surface area contributed by atoms with Gasteiger partial charge in [0.15, 0.2) is 0 Å². The van der Waals surface area contributed by atoms with E-state index in [1.54, 1.807) is 23.5 Å². The Hall–Kier alpha value is -2.85. The SMILES string of the molecule is Fc1ccc(-c2nc(/C=C/c3ccc4ccccc4n3)cs2)cc1. The predicted molar refractivity (Wildman–Crippen MR) is 98.2 cm³/mol. The Balaban J connectivity index is 1.58. The standard InChI is InChI=1S/C20H13FN2S/c21-16-8-5-15(6-9-16)20-23-18(13-24-20)12-11-17-10-7-14-3-1-2-4-19(14)22-17/h1-13H/b12-11+. The van der Waals surface area contributed by atoms with Gasteiger partial charge in [-0.1, -0.05) is 24.3 Å². The Morgan fingerprint density at radius 2 is 1.58 bits per heavy atom. The largest absolute Gasteiger partial charge is 0.248 e. The van der Waals surface area contributed by atoms with Crippen LogP contribution in [0.25, 0.3) is 33.6 Å². The summed E-state index contributed by atoms with van der Waals surface area (Å²) in [6, 6.07) is 18.5. The Bertz CT molecular complexity index is 1020. The van der Waals surface area contributed by atoms with Crippen LogP contribution in [0.3, 0.4) is 0 Å². The molecule has 0 bridgehead atoms. The summed E-state index contributed by atoms with van der Waals surface area (Å²) in [5, 5.41) is 3.99. The molecule has 2 heterocycles. The highest BCUT2D eigenvalue weighted by Gasteiger charge is 2.03. The highest BCUT2D eigenvalue weighted by atomic mass is 32.1. The number of pyridine rings is 1. The maximum Gasteiger partial charge on any atom is 0.124 e. The Labute approximate surface area is 143 Å². The molecule has 0 aliphatic rings. The second-order valence-corrected chi connectivity index (χ2v) is 6.20. The lowest BCUT2D eigenvalue weighted by Crippen LogP contribution is -1.82. The van der Waals surface area contributed by atoms with E-state index in [0.717, 1.165) is 32.9 Å². The van der Waals surface area contributed by atoms with Gasteiger partial charge in [-0.2, -0.15) is 0 Å². The average molecular weight is 332 g/mol. The van der Waals surface area contributed by atoms with E-state index in [1.807, 2.05) is 47.9 Å². The van der Waals surface area contributed by atoms with Crippen molar-refractivity contribution in [1.82, 2.24) is 9.97 Å². The number of aromatic nitrogens is 2. The van der Waals surface area contributed by atoms with Crippen molar-refractivity contribution < 1.29 is 4.39 Å². The van der Waals surface area contributed by atoms with Crippen molar-refractivity contribution >= 4 is 34.4 Å². The van der Waals surface area contributed by atoms with Crippen molar-refractivity contribution in [2.24, 2.45) is 0 Å². The number of benzene rings is 2. The van der Waals surface area contributed by atoms with Gasteiger partial charge in [0.1, 0.15) is 10.8 Å². The number of nitrogens with zero attached hydrogens (tertiary/aromatic N) is 2. The van der Waals surface area contributed by atoms with Gasteiger partial charge in [0.05, 0.1) is 16.9 Å². The van der Waals surface area contributed by atoms with Crippen molar-refractivity contribution in [3.05, 3.63) is 83.2 Å². The molecule has 0 aliphatic heterocycles. The summed E-state index contributed by atoms with van der Waals surface area (Å²) >= 11 is 1.54. The minimum Gasteiger partial charge on any atom is -0.248 e. The van der Waals surface area contributed by atoms with E-state index in [9.17, 15) is 4.39 Å². The van der Waals surface area contributed by atoms with Gasteiger partial charge >= 0.3 is 0 Å². The molecular weight excluding hydrogens is 319 g/mol. The van der Waals surface area contributed by atoms with Crippen LogP contribution >= 0.6 is 11.3 Å². The molecule has 116 valence electrons. The summed E-state index contributed by atoms with van der Waals surface area (Å²) in [5.74, 6) is -0.238. The monoisotopic (exact) mass is 332 g/mol. The Morgan fingerprint density at radius 1 is 0.792 bits per heavy atom. The zero-order valence-electron chi connectivity index (χ0n) is 12.7. The molecule has 24 heavy (non-hydrogen) atoms. The molecule has 0 saturated heterocycles. The van der Waals surface area contributed by atoms with Crippen LogP contribution in [-0.2, 0) is 0 Å². The lowest BCUT2D eigenvalue weighted by atomic mass is 10.2. The van der Waals surface area contributed by atoms with Crippen LogP contribution in [0.4, 0.5) is 4.39 Å². The molecule has 0 fully saturated rings. The third-order valence-electron chi connectivity index (χ3n) is 3.66. The summed E-state index contributed by atoms with van der Waals surface area (Å²) in [6.45, 7) is 0. The molecule has 0 saturated carbocycles. The first-order valence-corrected chi connectivity index (χ1v) is 8.41. The topological polar surface area (TPSA) is 25.8 Å². The maximum atomic E-state index is 13.0. The molecule has 2 aromatic heterocycles. The minimum atomic E-state index is -0.238. The van der Waals surface area contributed by atoms with Crippen molar-refractivity contribution in [2.75, 3.05) is 0 Å². The molecule has 0 atom stereocenters. The second-order valence-electron chi connectivity index (χ2n) is 5.35. The van der Waals surface area contributed by atoms with Crippen LogP contribution in [0.5, 0.6) is 0 Å². The predicted octanol–water partition coefficient (Wildman–Crippen LogP) is 5.67. The van der Waals surface area contributed by atoms with Crippen LogP contribution in [0, 0.1) is 5.82 Å². The van der Waals surface area contributed by atoms with Crippen LogP contribution < -0.4 is 0 Å². The van der Waals surface area contributed by atoms with E-state index >= 15 is 0 Å². The third kappa shape index (κ3) is 3.09. The lowest BCUT2D eigenvalue weighted by Gasteiger charge is -1.98. The van der Waals surface area contributed by atoms with Crippen LogP contribution in [0.2, 0.25) is 0 Å². The number of hydrogen-bond donors (Lipinski definition) is 0. The molecule has 4 heteroatoms. The van der Waals surface area contributed by atoms with Crippen LogP contribution in [-0.4, -0.2) is 9.97 Å². The average Bonchev–Trinajstić information content (AvgIpc) is 3.09. The molecule has 0 amide bonds. The van der Waals surface area contributed by atoms with Gasteiger partial charge in [-0.05, 0) is 48.6 Å². The van der Waals surface area contributed by atoms with Gasteiger partial charge in [0.25, 0.3) is 0 Å². The molecule has 0 unspecified atom stereocenters. The molecular formula is C20H13FN2S. The number of halogens is 1. The quantitative estimate of drug-likeness (QED) is 0.483. The molecule has 2 aromatic carbocycles. The summed E-state index contributed by atoms with van der Waals surface area (Å²) < 4.78 is 13.0. The van der Waals surface area contributed by atoms with Gasteiger partial charge in [-0.25, -0.2) is 14.4 Å². The zero-order valence-corrected chi connectivity index (χ0v) is 13.5. The number of fused-ring (bicyclic) bond motifs is 1. The van der Waals surface area contributed by atoms with E-state index in [2.05, 4.69) is 16.0 Å². The van der Waals surface area contributed by atoms with Gasteiger partial charge in [0.2, 0.25) is 0 Å². The van der Waals surface area contributed by atoms with Crippen molar-refractivity contribution in [1.29, 1.82) is 0 Å². The number of rotatable bonds is 3. The first kappa shape index (κ1) is 14.7. The van der Waals surface area contributed by atoms with E-state index in [0.29, 0.717) is 0 Å². The van der Waals surface area contributed by atoms with Crippen molar-refractivity contribution in [3.8, 4) is 10.6 Å². The van der Waals surface area contributed by atoms with Crippen molar-refractivity contribution in [2.45, 2.75) is 0 Å². The highest BCUT2D eigenvalue weighted by molar-refractivity contribution is 7.13. The smallest absolute Gasteiger partial charge is 0.124 e. The molecule has 0 aliphatic carbocycles. The number of hydrogen-bond acceptors (Lipinski definition) is 3. The lowest BCUT2D eigenvalue weighted by molar-refractivity contribution is 0.628. The summed E-state index contributed by atoms with van der Waals surface area (Å²) in [5.41, 5.74) is 3.66. The zero-order chi connectivity index (χ0) is 16.4. The van der Waals surface area contributed by atoms with Gasteiger partial charge < -0.3 is 0 Å². The van der Waals surface area contributed by atoms with Gasteiger partial charge in [-0.15, -0.1) is 11.3 Å². The highest BCUT2D eigenvalue weighted by Crippen LogP contribution is 2.24. The maximum absolute atomic E-state index is 13.0. The first-order valence-electron chi connectivity index (χ1n) is 7.53. The van der Waals surface area contributed by atoms with Gasteiger partial charge in [-0.3, -0.25) is 0 Å². The molecule has 4 rings (SSSR count). The fourth-order valence-corrected chi connectivity index (χ4v) is 3.23. The first-order chi connectivity index (χ1) is 11.8. The van der Waals surface area contributed by atoms with Crippen LogP contribution in [0.15, 0.2) is 66.0 Å². The summed E-state index contributed by atoms with van der Waals surface area (Å²) in [7, 11) is 0. The summed E-state index contributed by atoms with van der Waals surface area (Å²) in [4.78, 5) is 9.18. The minimum absolute atomic E-state index is 0.238. The summed E-state index contributed by atoms with van der Waals surface area (Å²) in [6.07, 6.45) is 3.90. The fraction of sp³-hybridized carbons (Fsp3) is 0. The van der Waals surface area contributed by atoms with E-state index < -0.39 is 0 Å². The molecule has 0 radical (unpaired) electrons. The molecule has 0 N–H and O–H groups in total. The Morgan fingerprint density at radius 3 is 2.46 bits per heavy atom. The van der Waals surface area contributed by atoms with Crippen LogP contribution in [0.1, 0.15) is 11.4 Å². The van der Waals surface area contributed by atoms with Gasteiger partial charge in [0, 0.05) is 16.3 Å². The van der Waals surface area contributed by atoms with E-state index in [4.69, 9.17) is 0 Å². The molecule has 2 nitrogen and oxygen atoms in total. The Kier molecular flexibility index (Phi) is 3.89. The third-order valence-corrected chi connectivity index (χ3v) is 4.57. The fourth-order valence-electron chi connectivity index (χ4n) is 2.43. The second kappa shape index (κ2) is 6.34. The van der Waals surface area contributed by atoms with Crippen molar-refractivity contribution in [3.63, 3.8) is 0 Å².